The predicted octanol–water partition coefficient (Wildman–Crippen LogP) is 0.560. The number of fused-ring (bicyclic) bond motifs is 1. The standard InChI is InChI=1S/C15H14N4O5S2/c1-10-13(9-16-14-6-7-17-19(10)14)15(20)18-26(23,24)12-5-3-4-11(8-12)25(2,21)22/h3-9H,1-2H3,(H,18,20). The maximum atomic E-state index is 12.5. The molecular weight excluding hydrogens is 380 g/mol. The summed E-state index contributed by atoms with van der Waals surface area (Å²) in [6.07, 6.45) is 3.72. The molecule has 26 heavy (non-hydrogen) atoms. The average Bonchev–Trinajstić information content (AvgIpc) is 3.03. The molecule has 1 aromatic carbocycles. The monoisotopic (exact) mass is 394 g/mol. The smallest absolute Gasteiger partial charge is 0.268 e. The topological polar surface area (TPSA) is 128 Å². The Hall–Kier alpha value is -2.79. The van der Waals surface area contributed by atoms with Gasteiger partial charge in [0.25, 0.3) is 15.9 Å². The molecule has 0 radical (unpaired) electrons. The first-order chi connectivity index (χ1) is 12.1. The first-order valence-electron chi connectivity index (χ1n) is 7.26. The van der Waals surface area contributed by atoms with Crippen LogP contribution in [0.3, 0.4) is 0 Å². The molecule has 0 saturated heterocycles. The van der Waals surface area contributed by atoms with Gasteiger partial charge in [-0.15, -0.1) is 0 Å². The largest absolute Gasteiger partial charge is 0.268 e. The minimum absolute atomic E-state index is 0.0315. The molecule has 0 atom stereocenters. The van der Waals surface area contributed by atoms with Gasteiger partial charge < -0.3 is 0 Å². The second kappa shape index (κ2) is 6.18. The van der Waals surface area contributed by atoms with Crippen LogP contribution < -0.4 is 4.72 Å². The lowest BCUT2D eigenvalue weighted by molar-refractivity contribution is 0.0979. The predicted molar refractivity (Wildman–Crippen MR) is 91.9 cm³/mol. The number of sulfonamides is 1. The number of aromatic nitrogens is 3. The fourth-order valence-electron chi connectivity index (χ4n) is 2.32. The molecule has 2 aromatic heterocycles. The van der Waals surface area contributed by atoms with Crippen LogP contribution in [-0.4, -0.2) is 43.6 Å². The summed E-state index contributed by atoms with van der Waals surface area (Å²) in [6, 6.07) is 6.40. The van der Waals surface area contributed by atoms with Crippen molar-refractivity contribution in [2.24, 2.45) is 0 Å². The number of rotatable bonds is 4. The molecule has 0 bridgehead atoms. The third-order valence-corrected chi connectivity index (χ3v) is 6.11. The number of carbonyl (C=O) groups is 1. The highest BCUT2D eigenvalue weighted by molar-refractivity contribution is 7.91. The van der Waals surface area contributed by atoms with Gasteiger partial charge in [0.05, 0.1) is 27.2 Å². The van der Waals surface area contributed by atoms with E-state index in [9.17, 15) is 21.6 Å². The van der Waals surface area contributed by atoms with E-state index in [4.69, 9.17) is 0 Å². The normalized spacial score (nSPS) is 12.2. The molecule has 0 saturated carbocycles. The van der Waals surface area contributed by atoms with Gasteiger partial charge in [-0.25, -0.2) is 31.1 Å². The Morgan fingerprint density at radius 3 is 2.50 bits per heavy atom. The van der Waals surface area contributed by atoms with Gasteiger partial charge in [-0.2, -0.15) is 5.10 Å². The van der Waals surface area contributed by atoms with Crippen molar-refractivity contribution in [2.45, 2.75) is 16.7 Å². The Morgan fingerprint density at radius 1 is 1.12 bits per heavy atom. The number of hydrogen-bond acceptors (Lipinski definition) is 7. The molecule has 0 aliphatic rings. The van der Waals surface area contributed by atoms with Crippen LogP contribution in [0.1, 0.15) is 16.1 Å². The Bertz CT molecular complexity index is 1230. The second-order valence-electron chi connectivity index (χ2n) is 5.54. The van der Waals surface area contributed by atoms with Gasteiger partial charge in [-0.1, -0.05) is 6.07 Å². The quantitative estimate of drug-likeness (QED) is 0.685. The van der Waals surface area contributed by atoms with Crippen molar-refractivity contribution in [1.82, 2.24) is 19.3 Å². The molecule has 1 amide bonds. The van der Waals surface area contributed by atoms with E-state index in [1.165, 1.54) is 35.1 Å². The number of amides is 1. The van der Waals surface area contributed by atoms with Crippen LogP contribution in [0.15, 0.2) is 52.5 Å². The van der Waals surface area contributed by atoms with Gasteiger partial charge >= 0.3 is 0 Å². The van der Waals surface area contributed by atoms with Crippen molar-refractivity contribution in [3.05, 3.63) is 54.0 Å². The Morgan fingerprint density at radius 2 is 1.81 bits per heavy atom. The van der Waals surface area contributed by atoms with Gasteiger partial charge in [0.1, 0.15) is 0 Å². The molecule has 0 fully saturated rings. The Kier molecular flexibility index (Phi) is 4.28. The highest BCUT2D eigenvalue weighted by Crippen LogP contribution is 2.16. The SMILES string of the molecule is Cc1c(C(=O)NS(=O)(=O)c2cccc(S(C)(=O)=O)c2)cnc2ccnn12. The average molecular weight is 394 g/mol. The summed E-state index contributed by atoms with van der Waals surface area (Å²) in [6.45, 7) is 1.60. The van der Waals surface area contributed by atoms with Crippen LogP contribution in [0.5, 0.6) is 0 Å². The summed E-state index contributed by atoms with van der Waals surface area (Å²) in [5.41, 5.74) is 0.962. The molecule has 136 valence electrons. The Labute approximate surface area is 149 Å². The van der Waals surface area contributed by atoms with E-state index in [1.54, 1.807) is 13.0 Å². The lowest BCUT2D eigenvalue weighted by atomic mass is 10.2. The van der Waals surface area contributed by atoms with Crippen molar-refractivity contribution in [3.8, 4) is 0 Å². The van der Waals surface area contributed by atoms with Gasteiger partial charge in [-0.05, 0) is 25.1 Å². The van der Waals surface area contributed by atoms with Gasteiger partial charge in [0.15, 0.2) is 15.5 Å². The summed E-state index contributed by atoms with van der Waals surface area (Å²) < 4.78 is 51.4. The molecule has 0 aliphatic carbocycles. The minimum Gasteiger partial charge on any atom is -0.268 e. The fraction of sp³-hybridized carbons (Fsp3) is 0.133. The molecule has 1 N–H and O–H groups in total. The van der Waals surface area contributed by atoms with Crippen LogP contribution in [0.4, 0.5) is 0 Å². The molecule has 3 rings (SSSR count). The zero-order valence-electron chi connectivity index (χ0n) is 13.7. The first-order valence-corrected chi connectivity index (χ1v) is 10.6. The lowest BCUT2D eigenvalue weighted by Crippen LogP contribution is -2.31. The van der Waals surface area contributed by atoms with Crippen molar-refractivity contribution >= 4 is 31.4 Å². The second-order valence-corrected chi connectivity index (χ2v) is 9.24. The van der Waals surface area contributed by atoms with Crippen molar-refractivity contribution < 1.29 is 21.6 Å². The van der Waals surface area contributed by atoms with E-state index in [0.717, 1.165) is 12.3 Å². The van der Waals surface area contributed by atoms with E-state index in [1.807, 2.05) is 4.72 Å². The van der Waals surface area contributed by atoms with Gasteiger partial charge in [0, 0.05) is 18.5 Å². The van der Waals surface area contributed by atoms with Crippen LogP contribution in [0.2, 0.25) is 0 Å². The van der Waals surface area contributed by atoms with Crippen LogP contribution in [-0.2, 0) is 19.9 Å². The van der Waals surface area contributed by atoms with Crippen molar-refractivity contribution in [1.29, 1.82) is 0 Å². The zero-order valence-corrected chi connectivity index (χ0v) is 15.4. The Balaban J connectivity index is 1.96. The number of hydrogen-bond donors (Lipinski definition) is 1. The van der Waals surface area contributed by atoms with Gasteiger partial charge in [0.2, 0.25) is 0 Å². The zero-order chi connectivity index (χ0) is 19.1. The number of nitrogens with one attached hydrogen (secondary N) is 1. The number of aryl methyl sites for hydroxylation is 1. The summed E-state index contributed by atoms with van der Waals surface area (Å²) in [5.74, 6) is -0.892. The fourth-order valence-corrected chi connectivity index (χ4v) is 4.07. The van der Waals surface area contributed by atoms with E-state index in [2.05, 4.69) is 10.1 Å². The highest BCUT2D eigenvalue weighted by Gasteiger charge is 2.22. The van der Waals surface area contributed by atoms with E-state index in [-0.39, 0.29) is 15.4 Å². The summed E-state index contributed by atoms with van der Waals surface area (Å²) >= 11 is 0. The lowest BCUT2D eigenvalue weighted by Gasteiger charge is -2.10. The summed E-state index contributed by atoms with van der Waals surface area (Å²) in [7, 11) is -7.86. The maximum Gasteiger partial charge on any atom is 0.268 e. The molecule has 0 unspecified atom stereocenters. The summed E-state index contributed by atoms with van der Waals surface area (Å²) in [4.78, 5) is 16.0. The van der Waals surface area contributed by atoms with Crippen molar-refractivity contribution in [2.75, 3.05) is 6.26 Å². The number of carbonyl (C=O) groups excluding carboxylic acids is 1. The highest BCUT2D eigenvalue weighted by atomic mass is 32.2. The number of sulfone groups is 1. The van der Waals surface area contributed by atoms with Crippen LogP contribution in [0, 0.1) is 6.92 Å². The molecule has 11 heteroatoms. The third kappa shape index (κ3) is 3.30. The summed E-state index contributed by atoms with van der Waals surface area (Å²) in [5, 5.41) is 4.01. The van der Waals surface area contributed by atoms with E-state index < -0.39 is 25.8 Å². The maximum absolute atomic E-state index is 12.5. The van der Waals surface area contributed by atoms with Gasteiger partial charge in [-0.3, -0.25) is 4.79 Å². The molecule has 0 aliphatic heterocycles. The number of nitrogens with zero attached hydrogens (tertiary/aromatic N) is 3. The van der Waals surface area contributed by atoms with Crippen molar-refractivity contribution in [3.63, 3.8) is 0 Å². The molecule has 3 aromatic rings. The molecule has 0 spiro atoms. The van der Waals surface area contributed by atoms with E-state index >= 15 is 0 Å². The van der Waals surface area contributed by atoms with Crippen LogP contribution >= 0.6 is 0 Å². The molecular formula is C15H14N4O5S2. The molecule has 9 nitrogen and oxygen atoms in total. The molecule has 2 heterocycles. The third-order valence-electron chi connectivity index (χ3n) is 3.67. The van der Waals surface area contributed by atoms with E-state index in [0.29, 0.717) is 11.3 Å². The minimum atomic E-state index is -4.27. The number of benzene rings is 1. The first kappa shape index (κ1) is 18.0. The van der Waals surface area contributed by atoms with Crippen LogP contribution in [0.25, 0.3) is 5.65 Å².